The van der Waals surface area contributed by atoms with Gasteiger partial charge in [-0.05, 0) is 83.3 Å². The molecule has 19 heteroatoms. The van der Waals surface area contributed by atoms with E-state index in [1.165, 1.54) is 13.8 Å². The highest BCUT2D eigenvalue weighted by molar-refractivity contribution is 7.91. The van der Waals surface area contributed by atoms with Crippen molar-refractivity contribution in [1.29, 1.82) is 0 Å². The molecule has 3 N–H and O–H groups in total. The van der Waals surface area contributed by atoms with Crippen molar-refractivity contribution in [3.05, 3.63) is 48.8 Å². The van der Waals surface area contributed by atoms with E-state index >= 15 is 4.79 Å². The van der Waals surface area contributed by atoms with E-state index in [0.717, 1.165) is 4.90 Å². The Kier molecular flexibility index (Phi) is 10.2. The summed E-state index contributed by atoms with van der Waals surface area (Å²) in [7, 11) is -4.12. The molecule has 1 saturated heterocycles. The van der Waals surface area contributed by atoms with Gasteiger partial charge in [0, 0.05) is 24.7 Å². The maximum absolute atomic E-state index is 15.0. The average molecular weight is 832 g/mol. The Morgan fingerprint density at radius 1 is 1.12 bits per heavy atom. The number of fused-ring (bicyclic) bond motifs is 5. The van der Waals surface area contributed by atoms with Crippen LogP contribution in [-0.2, 0) is 24.4 Å². The van der Waals surface area contributed by atoms with E-state index in [0.29, 0.717) is 56.2 Å². The number of halogens is 3. The Morgan fingerprint density at radius 3 is 2.50 bits per heavy atom. The van der Waals surface area contributed by atoms with Crippen LogP contribution in [0.3, 0.4) is 0 Å². The number of carbonyl (C=O) groups excluding carboxylic acids is 3. The number of para-hydroxylation sites is 1. The quantitative estimate of drug-likeness (QED) is 0.279. The first-order valence-corrected chi connectivity index (χ1v) is 20.9. The molecular weight excluding hydrogens is 784 g/mol. The fourth-order valence-corrected chi connectivity index (χ4v) is 9.73. The van der Waals surface area contributed by atoms with E-state index < -0.39 is 85.9 Å². The monoisotopic (exact) mass is 831 g/mol. The first-order chi connectivity index (χ1) is 27.1. The SMILES string of the molecule is C[C@H]1CC/C=C\[C@@H]2C[C@@]2(C(=O)NS(=O)(=O)C2(C)CC2)NC(=O)[C@@H]2C[C@@H](Oc3nc4nccn4c4ccccc34)CN2C(=O)[C@@H](N(C(=O)O)C(C)(C)C(F)(F)F)[C@H](C)C1. The Morgan fingerprint density at radius 2 is 1.83 bits per heavy atom. The molecule has 0 radical (unpaired) electrons. The molecule has 2 aliphatic carbocycles. The lowest BCUT2D eigenvalue weighted by molar-refractivity contribution is -0.222. The number of rotatable bonds is 7. The lowest BCUT2D eigenvalue weighted by atomic mass is 9.85. The van der Waals surface area contributed by atoms with E-state index in [9.17, 15) is 41.1 Å². The highest BCUT2D eigenvalue weighted by Gasteiger charge is 2.64. The molecule has 4 aliphatic rings. The van der Waals surface area contributed by atoms with Crippen LogP contribution in [0.25, 0.3) is 16.7 Å². The summed E-state index contributed by atoms with van der Waals surface area (Å²) in [5.41, 5.74) is -4.06. The van der Waals surface area contributed by atoms with Gasteiger partial charge in [0.2, 0.25) is 33.5 Å². The number of nitrogens with one attached hydrogen (secondary N) is 2. The summed E-state index contributed by atoms with van der Waals surface area (Å²) in [4.78, 5) is 66.5. The molecule has 2 saturated carbocycles. The van der Waals surface area contributed by atoms with Gasteiger partial charge < -0.3 is 20.1 Å². The minimum Gasteiger partial charge on any atom is -0.472 e. The standard InChI is InChI=1S/C39H48F3N7O8S/c1-22-10-6-7-11-24-20-38(24,33(52)46-58(55,56)37(5)14-15-37)45-30(50)28-19-25(57-31-26-12-8-9-13-27(26)47-17-16-43-34(47)44-31)21-48(28)32(51)29(23(2)18-22)49(35(53)54)36(3,4)39(40,41)42/h7-9,11-13,16-17,22-25,28-29H,6,10,14-15,18-21H2,1-5H3,(H,45,50)(H,46,52)(H,53,54)/b11-7-/t22-,23+,24+,25+,28-,29-,38+/m0/s1. The van der Waals surface area contributed by atoms with Crippen LogP contribution in [0.4, 0.5) is 18.0 Å². The van der Waals surface area contributed by atoms with Gasteiger partial charge in [0.1, 0.15) is 29.3 Å². The number of ether oxygens (including phenoxy) is 1. The second-order valence-corrected chi connectivity index (χ2v) is 19.3. The van der Waals surface area contributed by atoms with Gasteiger partial charge in [0.15, 0.2) is 0 Å². The van der Waals surface area contributed by atoms with Crippen molar-refractivity contribution in [3.8, 4) is 5.88 Å². The lowest BCUT2D eigenvalue weighted by Gasteiger charge is -2.45. The van der Waals surface area contributed by atoms with Crippen LogP contribution >= 0.6 is 0 Å². The zero-order valence-electron chi connectivity index (χ0n) is 32.8. The molecule has 3 aromatic rings. The lowest BCUT2D eigenvalue weighted by Crippen LogP contribution is -2.66. The molecule has 4 heterocycles. The maximum atomic E-state index is 15.0. The van der Waals surface area contributed by atoms with Crippen molar-refractivity contribution in [3.63, 3.8) is 0 Å². The van der Waals surface area contributed by atoms with Crippen LogP contribution in [0.5, 0.6) is 5.88 Å². The third kappa shape index (κ3) is 7.23. The molecule has 2 aliphatic heterocycles. The third-order valence-corrected chi connectivity index (χ3v) is 14.6. The van der Waals surface area contributed by atoms with Crippen LogP contribution in [0.2, 0.25) is 0 Å². The molecule has 58 heavy (non-hydrogen) atoms. The molecule has 15 nitrogen and oxygen atoms in total. The van der Waals surface area contributed by atoms with E-state index in [-0.39, 0.29) is 42.5 Å². The average Bonchev–Trinajstić information content (AvgIpc) is 3.92. The molecule has 0 bridgehead atoms. The first kappa shape index (κ1) is 41.2. The van der Waals surface area contributed by atoms with Crippen molar-refractivity contribution in [2.45, 2.75) is 120 Å². The van der Waals surface area contributed by atoms with Gasteiger partial charge in [-0.15, -0.1) is 0 Å². The Bertz CT molecular complexity index is 2290. The first-order valence-electron chi connectivity index (χ1n) is 19.4. The van der Waals surface area contributed by atoms with E-state index in [4.69, 9.17) is 4.74 Å². The van der Waals surface area contributed by atoms with Crippen molar-refractivity contribution in [2.24, 2.45) is 17.8 Å². The summed E-state index contributed by atoms with van der Waals surface area (Å²) >= 11 is 0. The largest absolute Gasteiger partial charge is 0.472 e. The van der Waals surface area contributed by atoms with Crippen LogP contribution in [-0.4, -0.2) is 108 Å². The molecule has 2 aromatic heterocycles. The van der Waals surface area contributed by atoms with E-state index in [2.05, 4.69) is 20.0 Å². The summed E-state index contributed by atoms with van der Waals surface area (Å²) in [5.74, 6) is -4.21. The molecule has 4 amide bonds. The van der Waals surface area contributed by atoms with Gasteiger partial charge >= 0.3 is 12.3 Å². The van der Waals surface area contributed by atoms with Crippen LogP contribution in [0.1, 0.15) is 79.6 Å². The van der Waals surface area contributed by atoms with Crippen LogP contribution in [0, 0.1) is 17.8 Å². The Balaban J connectivity index is 1.30. The molecule has 1 aromatic carbocycles. The Labute approximate surface area is 333 Å². The van der Waals surface area contributed by atoms with Crippen LogP contribution in [0.15, 0.2) is 48.8 Å². The molecule has 3 fully saturated rings. The third-order valence-electron chi connectivity index (χ3n) is 12.5. The maximum Gasteiger partial charge on any atom is 0.411 e. The van der Waals surface area contributed by atoms with Gasteiger partial charge in [0.25, 0.3) is 5.91 Å². The molecule has 7 atom stereocenters. The predicted molar refractivity (Wildman–Crippen MR) is 204 cm³/mol. The van der Waals surface area contributed by atoms with Gasteiger partial charge in [-0.3, -0.25) is 28.4 Å². The number of aromatic nitrogens is 3. The second kappa shape index (κ2) is 14.4. The molecule has 0 spiro atoms. The van der Waals surface area contributed by atoms with Gasteiger partial charge in [-0.2, -0.15) is 18.2 Å². The normalized spacial score (nSPS) is 29.7. The van der Waals surface area contributed by atoms with E-state index in [1.807, 2.05) is 25.1 Å². The van der Waals surface area contributed by atoms with Gasteiger partial charge in [-0.1, -0.05) is 38.1 Å². The minimum atomic E-state index is -5.09. The summed E-state index contributed by atoms with van der Waals surface area (Å²) in [5, 5.41) is 13.8. The Hall–Kier alpha value is -4.94. The van der Waals surface area contributed by atoms with Crippen molar-refractivity contribution in [1.82, 2.24) is 34.2 Å². The zero-order valence-corrected chi connectivity index (χ0v) is 33.6. The minimum absolute atomic E-state index is 0.0515. The van der Waals surface area contributed by atoms with Crippen molar-refractivity contribution < 1.29 is 50.6 Å². The summed E-state index contributed by atoms with van der Waals surface area (Å²) < 4.78 is 79.7. The number of amides is 4. The zero-order chi connectivity index (χ0) is 42.2. The number of benzene rings is 1. The number of allylic oxidation sites excluding steroid dienone is 1. The van der Waals surface area contributed by atoms with Gasteiger partial charge in [-0.25, -0.2) is 18.2 Å². The number of hydrogen-bond donors (Lipinski definition) is 3. The topological polar surface area (TPSA) is 193 Å². The van der Waals surface area contributed by atoms with Crippen LogP contribution < -0.4 is 14.8 Å². The number of alkyl halides is 3. The number of hydrogen-bond acceptors (Lipinski definition) is 9. The molecule has 314 valence electrons. The smallest absolute Gasteiger partial charge is 0.411 e. The number of imidazole rings is 1. The molecule has 0 unspecified atom stereocenters. The highest BCUT2D eigenvalue weighted by Crippen LogP contribution is 2.48. The molecular formula is C39H48F3N7O8S. The van der Waals surface area contributed by atoms with E-state index in [1.54, 1.807) is 35.0 Å². The fourth-order valence-electron chi connectivity index (χ4n) is 8.41. The summed E-state index contributed by atoms with van der Waals surface area (Å²) in [6.45, 7) is 5.92. The predicted octanol–water partition coefficient (Wildman–Crippen LogP) is 4.81. The van der Waals surface area contributed by atoms with Crippen molar-refractivity contribution in [2.75, 3.05) is 6.54 Å². The number of nitrogens with zero attached hydrogens (tertiary/aromatic N) is 5. The number of carboxylic acid groups (broad SMARTS) is 1. The summed E-state index contributed by atoms with van der Waals surface area (Å²) in [6, 6.07) is 3.77. The summed E-state index contributed by atoms with van der Waals surface area (Å²) in [6.07, 6.45) is 0.420. The van der Waals surface area contributed by atoms with Gasteiger partial charge in [0.05, 0.1) is 22.2 Å². The van der Waals surface area contributed by atoms with Crippen molar-refractivity contribution >= 4 is 50.5 Å². The second-order valence-electron chi connectivity index (χ2n) is 17.1. The fraction of sp³-hybridized carbons (Fsp3) is 0.590. The number of carbonyl (C=O) groups is 4. The molecule has 7 rings (SSSR count). The number of sulfonamides is 1. The highest BCUT2D eigenvalue weighted by atomic mass is 32.2.